The maximum absolute atomic E-state index is 13.6. The Labute approximate surface area is 131 Å². The molecule has 0 aliphatic rings. The number of halogens is 2. The molecule has 1 amide bonds. The van der Waals surface area contributed by atoms with Gasteiger partial charge in [-0.3, -0.25) is 9.89 Å². The highest BCUT2D eigenvalue weighted by Gasteiger charge is 2.14. The maximum Gasteiger partial charge on any atom is 0.230 e. The van der Waals surface area contributed by atoms with Crippen LogP contribution in [0.2, 0.25) is 0 Å². The van der Waals surface area contributed by atoms with Crippen molar-refractivity contribution in [2.75, 3.05) is 5.32 Å². The van der Waals surface area contributed by atoms with Gasteiger partial charge in [0.25, 0.3) is 0 Å². The smallest absolute Gasteiger partial charge is 0.230 e. The van der Waals surface area contributed by atoms with Gasteiger partial charge in [0, 0.05) is 11.1 Å². The standard InChI is InChI=1S/C17H13F2N3O/c18-14-8-4-7-12(16(14)19)9-15(23)21-17-13(10-20-22-17)11-5-2-1-3-6-11/h1-8,10H,9H2,(H2,20,21,22,23). The number of nitrogens with zero attached hydrogens (tertiary/aromatic N) is 1. The summed E-state index contributed by atoms with van der Waals surface area (Å²) in [4.78, 5) is 12.1. The number of aromatic amines is 1. The average molecular weight is 313 g/mol. The van der Waals surface area contributed by atoms with Crippen molar-refractivity contribution in [2.24, 2.45) is 0 Å². The molecular formula is C17H13F2N3O. The predicted octanol–water partition coefficient (Wildman–Crippen LogP) is 3.54. The van der Waals surface area contributed by atoms with Crippen LogP contribution >= 0.6 is 0 Å². The van der Waals surface area contributed by atoms with Crippen molar-refractivity contribution in [2.45, 2.75) is 6.42 Å². The van der Waals surface area contributed by atoms with Gasteiger partial charge in [0.1, 0.15) is 5.82 Å². The van der Waals surface area contributed by atoms with E-state index in [4.69, 9.17) is 0 Å². The van der Waals surface area contributed by atoms with Gasteiger partial charge in [0.05, 0.1) is 12.6 Å². The van der Waals surface area contributed by atoms with Crippen molar-refractivity contribution >= 4 is 11.7 Å². The molecule has 0 spiro atoms. The molecule has 1 aromatic heterocycles. The largest absolute Gasteiger partial charge is 0.310 e. The number of aromatic nitrogens is 2. The van der Waals surface area contributed by atoms with E-state index in [1.165, 1.54) is 12.1 Å². The van der Waals surface area contributed by atoms with Crippen LogP contribution in [0.15, 0.2) is 54.7 Å². The number of carbonyl (C=O) groups is 1. The number of carbonyl (C=O) groups excluding carboxylic acids is 1. The van der Waals surface area contributed by atoms with Gasteiger partial charge in [-0.05, 0) is 11.6 Å². The Bertz CT molecular complexity index is 831. The third-order valence-corrected chi connectivity index (χ3v) is 3.37. The molecule has 0 unspecified atom stereocenters. The summed E-state index contributed by atoms with van der Waals surface area (Å²) >= 11 is 0. The summed E-state index contributed by atoms with van der Waals surface area (Å²) in [6.07, 6.45) is 1.32. The van der Waals surface area contributed by atoms with Crippen molar-refractivity contribution in [3.8, 4) is 11.1 Å². The second kappa shape index (κ2) is 6.39. The summed E-state index contributed by atoms with van der Waals surface area (Å²) in [7, 11) is 0. The van der Waals surface area contributed by atoms with Crippen LogP contribution in [0.4, 0.5) is 14.6 Å². The predicted molar refractivity (Wildman–Crippen MR) is 82.7 cm³/mol. The van der Waals surface area contributed by atoms with Gasteiger partial charge in [-0.25, -0.2) is 8.78 Å². The van der Waals surface area contributed by atoms with E-state index < -0.39 is 17.5 Å². The Morgan fingerprint density at radius 1 is 1.09 bits per heavy atom. The Kier molecular flexibility index (Phi) is 4.14. The van der Waals surface area contributed by atoms with E-state index in [0.29, 0.717) is 5.82 Å². The molecule has 6 heteroatoms. The molecule has 1 heterocycles. The molecular weight excluding hydrogens is 300 g/mol. The zero-order valence-corrected chi connectivity index (χ0v) is 12.0. The van der Waals surface area contributed by atoms with Crippen LogP contribution in [0.5, 0.6) is 0 Å². The van der Waals surface area contributed by atoms with Crippen LogP contribution in [0.1, 0.15) is 5.56 Å². The van der Waals surface area contributed by atoms with E-state index in [-0.39, 0.29) is 12.0 Å². The zero-order valence-electron chi connectivity index (χ0n) is 12.0. The summed E-state index contributed by atoms with van der Waals surface area (Å²) < 4.78 is 26.8. The second-order valence-corrected chi connectivity index (χ2v) is 4.96. The number of nitrogens with one attached hydrogen (secondary N) is 2. The summed E-state index contributed by atoms with van der Waals surface area (Å²) in [6, 6.07) is 13.1. The van der Waals surface area contributed by atoms with Gasteiger partial charge < -0.3 is 5.32 Å². The van der Waals surface area contributed by atoms with E-state index in [2.05, 4.69) is 15.5 Å². The van der Waals surface area contributed by atoms with Gasteiger partial charge >= 0.3 is 0 Å². The van der Waals surface area contributed by atoms with Crippen molar-refractivity contribution in [3.05, 3.63) is 71.9 Å². The molecule has 2 aromatic carbocycles. The SMILES string of the molecule is O=C(Cc1cccc(F)c1F)Nc1[nH]ncc1-c1ccccc1. The van der Waals surface area contributed by atoms with Gasteiger partial charge in [-0.1, -0.05) is 42.5 Å². The van der Waals surface area contributed by atoms with Crippen molar-refractivity contribution in [1.29, 1.82) is 0 Å². The van der Waals surface area contributed by atoms with Crippen LogP contribution < -0.4 is 5.32 Å². The highest BCUT2D eigenvalue weighted by atomic mass is 19.2. The molecule has 0 saturated carbocycles. The molecule has 2 N–H and O–H groups in total. The molecule has 0 fully saturated rings. The summed E-state index contributed by atoms with van der Waals surface area (Å²) in [5.41, 5.74) is 1.61. The number of rotatable bonds is 4. The number of anilines is 1. The quantitative estimate of drug-likeness (QED) is 0.774. The summed E-state index contributed by atoms with van der Waals surface area (Å²) in [6.45, 7) is 0. The van der Waals surface area contributed by atoms with Crippen molar-refractivity contribution in [3.63, 3.8) is 0 Å². The Hall–Kier alpha value is -3.02. The minimum Gasteiger partial charge on any atom is -0.310 e. The number of H-pyrrole nitrogens is 1. The van der Waals surface area contributed by atoms with Gasteiger partial charge in [-0.2, -0.15) is 5.10 Å². The normalized spacial score (nSPS) is 10.5. The number of amides is 1. The molecule has 0 bridgehead atoms. The number of hydrogen-bond donors (Lipinski definition) is 2. The molecule has 0 aliphatic heterocycles. The molecule has 0 aliphatic carbocycles. The highest BCUT2D eigenvalue weighted by molar-refractivity contribution is 5.95. The van der Waals surface area contributed by atoms with Crippen molar-refractivity contribution < 1.29 is 13.6 Å². The first-order chi connectivity index (χ1) is 11.1. The molecule has 116 valence electrons. The van der Waals surface area contributed by atoms with Gasteiger partial charge in [0.15, 0.2) is 11.6 Å². The lowest BCUT2D eigenvalue weighted by Crippen LogP contribution is -2.16. The van der Waals surface area contributed by atoms with E-state index in [0.717, 1.165) is 17.2 Å². The minimum absolute atomic E-state index is 0.00303. The Morgan fingerprint density at radius 2 is 1.87 bits per heavy atom. The summed E-state index contributed by atoms with van der Waals surface area (Å²) in [5, 5.41) is 9.25. The Balaban J connectivity index is 1.77. The van der Waals surface area contributed by atoms with Gasteiger partial charge in [0.2, 0.25) is 5.91 Å². The third-order valence-electron chi connectivity index (χ3n) is 3.37. The van der Waals surface area contributed by atoms with Crippen LogP contribution in [-0.4, -0.2) is 16.1 Å². The highest BCUT2D eigenvalue weighted by Crippen LogP contribution is 2.25. The molecule has 23 heavy (non-hydrogen) atoms. The van der Waals surface area contributed by atoms with E-state index >= 15 is 0 Å². The number of hydrogen-bond acceptors (Lipinski definition) is 2. The zero-order chi connectivity index (χ0) is 16.2. The van der Waals surface area contributed by atoms with E-state index in [9.17, 15) is 13.6 Å². The molecule has 4 nitrogen and oxygen atoms in total. The Morgan fingerprint density at radius 3 is 2.65 bits per heavy atom. The lowest BCUT2D eigenvalue weighted by atomic mass is 10.1. The molecule has 0 saturated heterocycles. The molecule has 3 rings (SSSR count). The molecule has 3 aromatic rings. The first-order valence-corrected chi connectivity index (χ1v) is 6.96. The topological polar surface area (TPSA) is 57.8 Å². The summed E-state index contributed by atoms with van der Waals surface area (Å²) in [5.74, 6) is -2.02. The second-order valence-electron chi connectivity index (χ2n) is 4.96. The fourth-order valence-corrected chi connectivity index (χ4v) is 2.26. The van der Waals surface area contributed by atoms with Crippen LogP contribution in [0.3, 0.4) is 0 Å². The first-order valence-electron chi connectivity index (χ1n) is 6.96. The third kappa shape index (κ3) is 3.26. The average Bonchev–Trinajstić information content (AvgIpc) is 3.00. The van der Waals surface area contributed by atoms with Crippen LogP contribution in [-0.2, 0) is 11.2 Å². The fourth-order valence-electron chi connectivity index (χ4n) is 2.26. The minimum atomic E-state index is -1.00. The van der Waals surface area contributed by atoms with Gasteiger partial charge in [-0.15, -0.1) is 0 Å². The molecule has 0 radical (unpaired) electrons. The number of benzene rings is 2. The lowest BCUT2D eigenvalue weighted by molar-refractivity contribution is -0.115. The molecule has 0 atom stereocenters. The van der Waals surface area contributed by atoms with Crippen LogP contribution in [0.25, 0.3) is 11.1 Å². The van der Waals surface area contributed by atoms with Crippen molar-refractivity contribution in [1.82, 2.24) is 10.2 Å². The van der Waals surface area contributed by atoms with E-state index in [1.54, 1.807) is 6.20 Å². The van der Waals surface area contributed by atoms with E-state index in [1.807, 2.05) is 30.3 Å². The monoisotopic (exact) mass is 313 g/mol. The maximum atomic E-state index is 13.6. The first kappa shape index (κ1) is 14.9. The lowest BCUT2D eigenvalue weighted by Gasteiger charge is -2.07. The fraction of sp³-hybridized carbons (Fsp3) is 0.0588. The van der Waals surface area contributed by atoms with Crippen LogP contribution in [0, 0.1) is 11.6 Å².